The molecule has 19 heavy (non-hydrogen) atoms. The van der Waals surface area contributed by atoms with Gasteiger partial charge in [0, 0.05) is 18.2 Å². The van der Waals surface area contributed by atoms with E-state index in [9.17, 15) is 10.1 Å². The largest absolute Gasteiger partial charge is 0.381 e. The van der Waals surface area contributed by atoms with Crippen LogP contribution in [-0.4, -0.2) is 17.5 Å². The van der Waals surface area contributed by atoms with Gasteiger partial charge in [0.15, 0.2) is 0 Å². The van der Waals surface area contributed by atoms with Crippen molar-refractivity contribution >= 4 is 11.4 Å². The topological polar surface area (TPSA) is 105 Å². The lowest BCUT2D eigenvalue weighted by atomic mass is 10.0. The van der Waals surface area contributed by atoms with Crippen LogP contribution in [0.1, 0.15) is 24.8 Å². The number of rotatable bonds is 4. The Kier molecular flexibility index (Phi) is 3.97. The molecule has 2 unspecified atom stereocenters. The lowest BCUT2D eigenvalue weighted by Crippen LogP contribution is -2.29. The summed E-state index contributed by atoms with van der Waals surface area (Å²) < 4.78 is 0. The predicted octanol–water partition coefficient (Wildman–Crippen LogP) is 2.01. The molecule has 0 spiro atoms. The molecule has 1 aliphatic carbocycles. The van der Waals surface area contributed by atoms with Gasteiger partial charge in [0.25, 0.3) is 5.69 Å². The summed E-state index contributed by atoms with van der Waals surface area (Å²) in [5.74, 6) is 0.404. The number of nitrogens with two attached hydrogens (primary N) is 1. The Morgan fingerprint density at radius 1 is 1.53 bits per heavy atom. The van der Waals surface area contributed by atoms with E-state index >= 15 is 0 Å². The van der Waals surface area contributed by atoms with Gasteiger partial charge in [0.05, 0.1) is 16.2 Å². The molecule has 6 nitrogen and oxygen atoms in total. The molecular weight excluding hydrogens is 244 g/mol. The molecule has 0 saturated heterocycles. The molecule has 0 aliphatic heterocycles. The van der Waals surface area contributed by atoms with Crippen LogP contribution < -0.4 is 11.1 Å². The van der Waals surface area contributed by atoms with E-state index in [0.29, 0.717) is 23.7 Å². The van der Waals surface area contributed by atoms with Crippen molar-refractivity contribution in [2.24, 2.45) is 11.7 Å². The maximum absolute atomic E-state index is 10.7. The number of nitro benzene ring substituents is 1. The summed E-state index contributed by atoms with van der Waals surface area (Å²) in [5.41, 5.74) is 6.61. The van der Waals surface area contributed by atoms with Crippen LogP contribution in [-0.2, 0) is 0 Å². The summed E-state index contributed by atoms with van der Waals surface area (Å²) >= 11 is 0. The second-order valence-electron chi connectivity index (χ2n) is 4.78. The van der Waals surface area contributed by atoms with Gasteiger partial charge in [-0.15, -0.1) is 0 Å². The minimum atomic E-state index is -0.497. The van der Waals surface area contributed by atoms with Crippen molar-refractivity contribution in [3.8, 4) is 6.07 Å². The lowest BCUT2D eigenvalue weighted by Gasteiger charge is -2.21. The molecular formula is C13H16N4O2. The summed E-state index contributed by atoms with van der Waals surface area (Å²) in [6.07, 6.45) is 3.22. The van der Waals surface area contributed by atoms with E-state index in [2.05, 4.69) is 5.32 Å². The Hall–Kier alpha value is -2.13. The van der Waals surface area contributed by atoms with Crippen LogP contribution in [0.15, 0.2) is 18.2 Å². The van der Waals surface area contributed by atoms with Gasteiger partial charge in [-0.05, 0) is 31.4 Å². The third kappa shape index (κ3) is 2.83. The first-order chi connectivity index (χ1) is 9.15. The Balaban J connectivity index is 2.21. The molecule has 1 saturated carbocycles. The van der Waals surface area contributed by atoms with E-state index in [1.54, 1.807) is 6.07 Å². The molecule has 3 N–H and O–H groups in total. The zero-order chi connectivity index (χ0) is 13.8. The van der Waals surface area contributed by atoms with E-state index in [-0.39, 0.29) is 11.7 Å². The van der Waals surface area contributed by atoms with Crippen molar-refractivity contribution < 1.29 is 4.92 Å². The molecule has 1 aromatic carbocycles. The molecule has 1 aliphatic rings. The van der Waals surface area contributed by atoms with Crippen molar-refractivity contribution in [3.05, 3.63) is 33.9 Å². The first-order valence-electron chi connectivity index (χ1n) is 6.31. The number of non-ortho nitro benzene ring substituents is 1. The second kappa shape index (κ2) is 5.67. The highest BCUT2D eigenvalue weighted by molar-refractivity contribution is 5.61. The van der Waals surface area contributed by atoms with E-state index in [1.807, 2.05) is 6.07 Å². The average molecular weight is 260 g/mol. The number of hydrogen-bond acceptors (Lipinski definition) is 5. The predicted molar refractivity (Wildman–Crippen MR) is 71.6 cm³/mol. The van der Waals surface area contributed by atoms with Crippen molar-refractivity contribution in [2.45, 2.75) is 25.3 Å². The Bertz CT molecular complexity index is 524. The zero-order valence-corrected chi connectivity index (χ0v) is 10.5. The first kappa shape index (κ1) is 13.3. The number of benzene rings is 1. The molecule has 1 aromatic rings. The molecule has 0 aromatic heterocycles. The van der Waals surface area contributed by atoms with Gasteiger partial charge in [0.1, 0.15) is 6.07 Å². The molecule has 2 atom stereocenters. The summed E-state index contributed by atoms with van der Waals surface area (Å²) in [6, 6.07) is 6.56. The smallest absolute Gasteiger partial charge is 0.270 e. The highest BCUT2D eigenvalue weighted by Gasteiger charge is 2.26. The minimum Gasteiger partial charge on any atom is -0.381 e. The number of nitrogens with zero attached hydrogens (tertiary/aromatic N) is 2. The van der Waals surface area contributed by atoms with E-state index < -0.39 is 4.92 Å². The first-order valence-corrected chi connectivity index (χ1v) is 6.31. The van der Waals surface area contributed by atoms with Gasteiger partial charge >= 0.3 is 0 Å². The van der Waals surface area contributed by atoms with Gasteiger partial charge in [-0.3, -0.25) is 10.1 Å². The quantitative estimate of drug-likeness (QED) is 0.636. The highest BCUT2D eigenvalue weighted by Crippen LogP contribution is 2.30. The van der Waals surface area contributed by atoms with Gasteiger partial charge in [-0.25, -0.2) is 0 Å². The van der Waals surface area contributed by atoms with Crippen LogP contribution in [0.25, 0.3) is 0 Å². The molecule has 2 rings (SSSR count). The Morgan fingerprint density at radius 3 is 2.95 bits per heavy atom. The van der Waals surface area contributed by atoms with Crippen LogP contribution in [0.3, 0.4) is 0 Å². The third-order valence-electron chi connectivity index (χ3n) is 3.64. The molecule has 0 bridgehead atoms. The third-order valence-corrected chi connectivity index (χ3v) is 3.64. The standard InChI is InChI=1S/C13H16N4O2/c14-7-9-2-1-3-12(9)16-13-5-4-11(17(18)19)6-10(13)8-15/h4-6,9,12,16H,1-3,7,14H2. The van der Waals surface area contributed by atoms with Crippen LogP contribution in [0.4, 0.5) is 11.4 Å². The molecule has 0 amide bonds. The second-order valence-corrected chi connectivity index (χ2v) is 4.78. The molecule has 1 fully saturated rings. The minimum absolute atomic E-state index is 0.0658. The number of hydrogen-bond donors (Lipinski definition) is 2. The lowest BCUT2D eigenvalue weighted by molar-refractivity contribution is -0.384. The Labute approximate surface area is 111 Å². The number of nitro groups is 1. The SMILES string of the molecule is N#Cc1cc([N+](=O)[O-])ccc1NC1CCCC1CN. The molecule has 0 heterocycles. The van der Waals surface area contributed by atoms with Crippen molar-refractivity contribution in [1.29, 1.82) is 5.26 Å². The van der Waals surface area contributed by atoms with E-state index in [4.69, 9.17) is 11.0 Å². The summed E-state index contributed by atoms with van der Waals surface area (Å²) in [6.45, 7) is 0.618. The maximum Gasteiger partial charge on any atom is 0.270 e. The van der Waals surface area contributed by atoms with Crippen LogP contribution in [0, 0.1) is 27.4 Å². The molecule has 6 heteroatoms. The zero-order valence-electron chi connectivity index (χ0n) is 10.5. The molecule has 0 radical (unpaired) electrons. The number of nitrogens with one attached hydrogen (secondary N) is 1. The fraction of sp³-hybridized carbons (Fsp3) is 0.462. The maximum atomic E-state index is 10.7. The fourth-order valence-corrected chi connectivity index (χ4v) is 2.57. The summed E-state index contributed by atoms with van der Waals surface area (Å²) in [4.78, 5) is 10.2. The van der Waals surface area contributed by atoms with Gasteiger partial charge in [-0.2, -0.15) is 5.26 Å². The van der Waals surface area contributed by atoms with Crippen LogP contribution in [0.5, 0.6) is 0 Å². The number of anilines is 1. The fourth-order valence-electron chi connectivity index (χ4n) is 2.57. The normalized spacial score (nSPS) is 21.9. The van der Waals surface area contributed by atoms with Gasteiger partial charge in [0.2, 0.25) is 0 Å². The summed E-state index contributed by atoms with van der Waals surface area (Å²) in [5, 5.41) is 23.1. The summed E-state index contributed by atoms with van der Waals surface area (Å²) in [7, 11) is 0. The number of nitriles is 1. The monoisotopic (exact) mass is 260 g/mol. The van der Waals surface area contributed by atoms with E-state index in [0.717, 1.165) is 19.3 Å². The average Bonchev–Trinajstić information content (AvgIpc) is 2.86. The van der Waals surface area contributed by atoms with Gasteiger partial charge in [-0.1, -0.05) is 6.42 Å². The Morgan fingerprint density at radius 2 is 2.32 bits per heavy atom. The van der Waals surface area contributed by atoms with Crippen LogP contribution in [0.2, 0.25) is 0 Å². The van der Waals surface area contributed by atoms with Crippen molar-refractivity contribution in [3.63, 3.8) is 0 Å². The van der Waals surface area contributed by atoms with Gasteiger partial charge < -0.3 is 11.1 Å². The van der Waals surface area contributed by atoms with E-state index in [1.165, 1.54) is 12.1 Å². The molecule has 100 valence electrons. The van der Waals surface area contributed by atoms with Crippen molar-refractivity contribution in [2.75, 3.05) is 11.9 Å². The highest BCUT2D eigenvalue weighted by atomic mass is 16.6. The van der Waals surface area contributed by atoms with Crippen LogP contribution >= 0.6 is 0 Å². The van der Waals surface area contributed by atoms with Crippen molar-refractivity contribution in [1.82, 2.24) is 0 Å².